The van der Waals surface area contributed by atoms with Crippen molar-refractivity contribution in [3.63, 3.8) is 0 Å². The molecule has 0 aliphatic carbocycles. The second-order valence-electron chi connectivity index (χ2n) is 4.59. The zero-order valence-electron chi connectivity index (χ0n) is 11.1. The Morgan fingerprint density at radius 2 is 1.70 bits per heavy atom. The molecule has 0 spiro atoms. The average molecular weight is 305 g/mol. The molecule has 2 N–H and O–H groups in total. The van der Waals surface area contributed by atoms with E-state index in [0.29, 0.717) is 6.42 Å². The Morgan fingerprint density at radius 1 is 0.900 bits per heavy atom. The van der Waals surface area contributed by atoms with E-state index in [1.807, 2.05) is 0 Å². The van der Waals surface area contributed by atoms with Crippen LogP contribution >= 0.6 is 11.8 Å². The van der Waals surface area contributed by atoms with Crippen molar-refractivity contribution in [2.45, 2.75) is 26.0 Å². The number of rotatable bonds is 4. The normalized spacial score (nSPS) is 16.6. The third-order valence-electron chi connectivity index (χ3n) is 3.33. The Bertz CT molecular complexity index is 613. The molecule has 1 heterocycles. The topological polar surface area (TPSA) is 40.5 Å². The zero-order chi connectivity index (χ0) is 13.9. The number of hydrogen-bond acceptors (Lipinski definition) is 3. The quantitative estimate of drug-likeness (QED) is 0.853. The van der Waals surface area contributed by atoms with Crippen LogP contribution in [0.2, 0.25) is 0 Å². The summed E-state index contributed by atoms with van der Waals surface area (Å²) in [6, 6.07) is 14.8. The first-order valence-electron chi connectivity index (χ1n) is 6.66. The molecule has 0 saturated carbocycles. The number of fused-ring (bicyclic) bond motifs is 2. The maximum Gasteiger partial charge on any atom is 0.174 e. The van der Waals surface area contributed by atoms with Gasteiger partial charge in [0.25, 0.3) is 0 Å². The van der Waals surface area contributed by atoms with Crippen molar-refractivity contribution in [1.82, 2.24) is 0 Å². The first kappa shape index (κ1) is 14.0. The molecule has 3 rings (SSSR count). The first-order chi connectivity index (χ1) is 9.85. The number of benzene rings is 2. The molecule has 0 aromatic heterocycles. The van der Waals surface area contributed by atoms with Gasteiger partial charge in [-0.15, -0.1) is 0 Å². The summed E-state index contributed by atoms with van der Waals surface area (Å²) in [5.74, 6) is 0.771. The molecule has 2 nitrogen and oxygen atoms in total. The summed E-state index contributed by atoms with van der Waals surface area (Å²) in [6.07, 6.45) is 0.689. The highest BCUT2D eigenvalue weighted by Crippen LogP contribution is 2.46. The Hall–Kier alpha value is -0.940. The number of aliphatic hydroxyl groups excluding tert-OH is 2. The van der Waals surface area contributed by atoms with Crippen LogP contribution in [0, 0.1) is 0 Å². The van der Waals surface area contributed by atoms with Gasteiger partial charge in [0.15, 0.2) is 9.79 Å². The van der Waals surface area contributed by atoms with Gasteiger partial charge < -0.3 is 10.2 Å². The standard InChI is InChI=1S/C16H17O2S2/c17-9-8-12-4-3-7-15-16(12)19-13-5-1-2-6-14(13)20(15)11-10-18/h1-7,17-18H,8-11H2/q+1. The molecule has 1 unspecified atom stereocenters. The fourth-order valence-corrected chi connectivity index (χ4v) is 6.34. The molecule has 2 aromatic rings. The van der Waals surface area contributed by atoms with Crippen molar-refractivity contribution in [3.05, 3.63) is 48.0 Å². The zero-order valence-corrected chi connectivity index (χ0v) is 12.7. The monoisotopic (exact) mass is 305 g/mol. The van der Waals surface area contributed by atoms with E-state index in [9.17, 15) is 10.2 Å². The van der Waals surface area contributed by atoms with E-state index in [-0.39, 0.29) is 24.1 Å². The van der Waals surface area contributed by atoms with Crippen LogP contribution in [0.15, 0.2) is 62.0 Å². The van der Waals surface area contributed by atoms with Gasteiger partial charge >= 0.3 is 0 Å². The second kappa shape index (κ2) is 6.22. The molecule has 1 atom stereocenters. The van der Waals surface area contributed by atoms with Crippen molar-refractivity contribution >= 4 is 22.7 Å². The second-order valence-corrected chi connectivity index (χ2v) is 7.71. The van der Waals surface area contributed by atoms with Crippen molar-refractivity contribution < 1.29 is 10.2 Å². The lowest BCUT2D eigenvalue weighted by Crippen LogP contribution is -2.17. The predicted molar refractivity (Wildman–Crippen MR) is 83.6 cm³/mol. The number of aliphatic hydroxyl groups is 2. The van der Waals surface area contributed by atoms with E-state index < -0.39 is 0 Å². The Labute approximate surface area is 126 Å². The van der Waals surface area contributed by atoms with Crippen LogP contribution in [0.25, 0.3) is 0 Å². The van der Waals surface area contributed by atoms with Crippen molar-refractivity contribution in [3.8, 4) is 0 Å². The number of hydrogen-bond donors (Lipinski definition) is 2. The van der Waals surface area contributed by atoms with Crippen LogP contribution in [0.3, 0.4) is 0 Å². The molecule has 0 saturated heterocycles. The molecule has 0 bridgehead atoms. The van der Waals surface area contributed by atoms with Crippen LogP contribution in [0.1, 0.15) is 5.56 Å². The molecule has 0 amide bonds. The highest BCUT2D eigenvalue weighted by molar-refractivity contribution is 8.04. The summed E-state index contributed by atoms with van der Waals surface area (Å²) in [5, 5.41) is 18.6. The Kier molecular flexibility index (Phi) is 4.36. The highest BCUT2D eigenvalue weighted by Gasteiger charge is 2.36. The summed E-state index contributed by atoms with van der Waals surface area (Å²) in [5.41, 5.74) is 1.21. The molecular formula is C16H17O2S2+. The van der Waals surface area contributed by atoms with Gasteiger partial charge in [-0.1, -0.05) is 36.0 Å². The maximum atomic E-state index is 9.40. The van der Waals surface area contributed by atoms with E-state index in [1.165, 1.54) is 25.1 Å². The van der Waals surface area contributed by atoms with Crippen LogP contribution in [0.5, 0.6) is 0 Å². The van der Waals surface area contributed by atoms with Gasteiger partial charge in [0.2, 0.25) is 0 Å². The minimum absolute atomic E-state index is 0.0609. The summed E-state index contributed by atoms with van der Waals surface area (Å²) in [4.78, 5) is 5.20. The van der Waals surface area contributed by atoms with Crippen LogP contribution in [-0.2, 0) is 17.3 Å². The van der Waals surface area contributed by atoms with E-state index in [1.54, 1.807) is 11.8 Å². The van der Waals surface area contributed by atoms with Crippen LogP contribution in [0.4, 0.5) is 0 Å². The minimum Gasteiger partial charge on any atom is -0.396 e. The lowest BCUT2D eigenvalue weighted by molar-refractivity contribution is 0.298. The predicted octanol–water partition coefficient (Wildman–Crippen LogP) is 2.71. The van der Waals surface area contributed by atoms with Gasteiger partial charge in [0, 0.05) is 6.61 Å². The smallest absolute Gasteiger partial charge is 0.174 e. The van der Waals surface area contributed by atoms with Gasteiger partial charge in [-0.2, -0.15) is 0 Å². The van der Waals surface area contributed by atoms with Crippen molar-refractivity contribution in [2.24, 2.45) is 0 Å². The lowest BCUT2D eigenvalue weighted by atomic mass is 10.2. The molecule has 0 radical (unpaired) electrons. The lowest BCUT2D eigenvalue weighted by Gasteiger charge is -2.20. The SMILES string of the molecule is OCCc1cccc2c1Sc1ccccc1[S+]2CCO. The van der Waals surface area contributed by atoms with Gasteiger partial charge in [-0.25, -0.2) is 0 Å². The van der Waals surface area contributed by atoms with Crippen molar-refractivity contribution in [2.75, 3.05) is 19.0 Å². The molecule has 20 heavy (non-hydrogen) atoms. The fourth-order valence-electron chi connectivity index (χ4n) is 2.47. The van der Waals surface area contributed by atoms with E-state index in [4.69, 9.17) is 0 Å². The molecular weight excluding hydrogens is 288 g/mol. The van der Waals surface area contributed by atoms with E-state index in [0.717, 1.165) is 5.75 Å². The average Bonchev–Trinajstić information content (AvgIpc) is 2.48. The minimum atomic E-state index is -0.0609. The van der Waals surface area contributed by atoms with Gasteiger partial charge in [-0.3, -0.25) is 0 Å². The first-order valence-corrected chi connectivity index (χ1v) is 8.87. The molecule has 1 aliphatic heterocycles. The van der Waals surface area contributed by atoms with Gasteiger partial charge in [-0.05, 0) is 30.2 Å². The third kappa shape index (κ3) is 2.49. The molecule has 4 heteroatoms. The van der Waals surface area contributed by atoms with Gasteiger partial charge in [0.05, 0.1) is 27.3 Å². The molecule has 0 fully saturated rings. The summed E-state index contributed by atoms with van der Waals surface area (Å²) >= 11 is 1.79. The Morgan fingerprint density at radius 3 is 2.50 bits per heavy atom. The van der Waals surface area contributed by atoms with Gasteiger partial charge in [0.1, 0.15) is 5.75 Å². The molecule has 1 aliphatic rings. The van der Waals surface area contributed by atoms with Crippen LogP contribution in [-0.4, -0.2) is 29.2 Å². The van der Waals surface area contributed by atoms with Crippen LogP contribution < -0.4 is 0 Å². The largest absolute Gasteiger partial charge is 0.396 e. The summed E-state index contributed by atoms with van der Waals surface area (Å²) in [6.45, 7) is 0.373. The summed E-state index contributed by atoms with van der Waals surface area (Å²) in [7, 11) is -0.0609. The maximum absolute atomic E-state index is 9.40. The Balaban J connectivity index is 2.12. The summed E-state index contributed by atoms with van der Waals surface area (Å²) < 4.78 is 0. The third-order valence-corrected chi connectivity index (χ3v) is 7.20. The molecule has 2 aromatic carbocycles. The van der Waals surface area contributed by atoms with Crippen molar-refractivity contribution in [1.29, 1.82) is 0 Å². The molecule has 104 valence electrons. The van der Waals surface area contributed by atoms with E-state index in [2.05, 4.69) is 42.5 Å². The van der Waals surface area contributed by atoms with E-state index >= 15 is 0 Å². The highest BCUT2D eigenvalue weighted by atomic mass is 32.2. The fraction of sp³-hybridized carbons (Fsp3) is 0.250.